The number of benzene rings is 1. The fourth-order valence-electron chi connectivity index (χ4n) is 2.56. The molecular weight excluding hydrogens is 287 g/mol. The highest BCUT2D eigenvalue weighted by Gasteiger charge is 2.50. The summed E-state index contributed by atoms with van der Waals surface area (Å²) in [5.74, 6) is -0.312. The van der Waals surface area contributed by atoms with Crippen molar-refractivity contribution in [1.82, 2.24) is 10.2 Å². The van der Waals surface area contributed by atoms with Gasteiger partial charge in [-0.15, -0.1) is 0 Å². The molecule has 1 atom stereocenters. The van der Waals surface area contributed by atoms with Gasteiger partial charge in [-0.25, -0.2) is 18.9 Å². The first-order chi connectivity index (χ1) is 10.2. The van der Waals surface area contributed by atoms with Gasteiger partial charge in [-0.05, 0) is 25.8 Å². The lowest BCUT2D eigenvalue weighted by molar-refractivity contribution is 0.0909. The number of carbonyl (C=O) groups excluding carboxylic acids is 2. The maximum Gasteiger partial charge on any atom is 0.418 e. The van der Waals surface area contributed by atoms with Gasteiger partial charge in [0.25, 0.3) is 0 Å². The predicted molar refractivity (Wildman–Crippen MR) is 79.8 cm³/mol. The summed E-state index contributed by atoms with van der Waals surface area (Å²) in [6, 6.07) is 4.79. The van der Waals surface area contributed by atoms with Crippen LogP contribution in [-0.2, 0) is 4.74 Å². The minimum atomic E-state index is -0.796. The molecule has 0 bridgehead atoms. The Hall–Kier alpha value is -2.11. The largest absolute Gasteiger partial charge is 0.449 e. The SMILES string of the molecule is CC(C)COC(=O)N1C(=O)NC(C)(C)C1c1ccccc1F. The highest BCUT2D eigenvalue weighted by Crippen LogP contribution is 2.38. The number of hydrogen-bond donors (Lipinski definition) is 1. The molecule has 1 aliphatic heterocycles. The van der Waals surface area contributed by atoms with Gasteiger partial charge >= 0.3 is 12.1 Å². The van der Waals surface area contributed by atoms with Crippen molar-refractivity contribution in [3.8, 4) is 0 Å². The van der Waals surface area contributed by atoms with E-state index in [1.54, 1.807) is 32.0 Å². The van der Waals surface area contributed by atoms with Crippen LogP contribution >= 0.6 is 0 Å². The van der Waals surface area contributed by atoms with E-state index in [1.807, 2.05) is 13.8 Å². The molecule has 1 heterocycles. The molecule has 1 fully saturated rings. The van der Waals surface area contributed by atoms with Crippen LogP contribution in [0.1, 0.15) is 39.3 Å². The summed E-state index contributed by atoms with van der Waals surface area (Å²) in [5, 5.41) is 2.71. The number of nitrogens with one attached hydrogen (secondary N) is 1. The fourth-order valence-corrected chi connectivity index (χ4v) is 2.56. The molecule has 0 radical (unpaired) electrons. The number of imide groups is 1. The molecule has 3 amide bonds. The Bertz CT molecular complexity index is 587. The van der Waals surface area contributed by atoms with Crippen molar-refractivity contribution in [1.29, 1.82) is 0 Å². The van der Waals surface area contributed by atoms with Gasteiger partial charge in [0.2, 0.25) is 0 Å². The van der Waals surface area contributed by atoms with Crippen LogP contribution in [0.25, 0.3) is 0 Å². The summed E-state index contributed by atoms with van der Waals surface area (Å²) in [4.78, 5) is 25.4. The number of hydrogen-bond acceptors (Lipinski definition) is 3. The first-order valence-corrected chi connectivity index (χ1v) is 7.26. The lowest BCUT2D eigenvalue weighted by Gasteiger charge is -2.30. The van der Waals surface area contributed by atoms with Gasteiger partial charge in [0.05, 0.1) is 18.2 Å². The van der Waals surface area contributed by atoms with Crippen LogP contribution in [0.3, 0.4) is 0 Å². The van der Waals surface area contributed by atoms with Crippen LogP contribution in [0.4, 0.5) is 14.0 Å². The number of carbonyl (C=O) groups is 2. The van der Waals surface area contributed by atoms with Crippen molar-refractivity contribution in [3.05, 3.63) is 35.6 Å². The molecule has 0 spiro atoms. The Balaban J connectivity index is 2.36. The minimum Gasteiger partial charge on any atom is -0.449 e. The van der Waals surface area contributed by atoms with Crippen molar-refractivity contribution < 1.29 is 18.7 Å². The highest BCUT2D eigenvalue weighted by atomic mass is 19.1. The molecule has 22 heavy (non-hydrogen) atoms. The van der Waals surface area contributed by atoms with E-state index in [0.29, 0.717) is 0 Å². The second-order valence-corrected chi connectivity index (χ2v) is 6.42. The smallest absolute Gasteiger partial charge is 0.418 e. The summed E-state index contributed by atoms with van der Waals surface area (Å²) in [5.41, 5.74) is -0.511. The Morgan fingerprint density at radius 3 is 2.64 bits per heavy atom. The van der Waals surface area contributed by atoms with Crippen LogP contribution < -0.4 is 5.32 Å². The van der Waals surface area contributed by atoms with Gasteiger partial charge in [0, 0.05) is 5.56 Å². The number of halogens is 1. The van der Waals surface area contributed by atoms with Crippen molar-refractivity contribution in [2.24, 2.45) is 5.92 Å². The lowest BCUT2D eigenvalue weighted by atomic mass is 9.89. The van der Waals surface area contributed by atoms with Gasteiger partial charge < -0.3 is 10.1 Å². The zero-order valence-corrected chi connectivity index (χ0v) is 13.2. The molecule has 6 heteroatoms. The number of amides is 3. The van der Waals surface area contributed by atoms with Crippen LogP contribution in [0.5, 0.6) is 0 Å². The molecule has 1 saturated heterocycles. The molecular formula is C16H21FN2O3. The normalized spacial score (nSPS) is 20.2. The third-order valence-electron chi connectivity index (χ3n) is 3.53. The monoisotopic (exact) mass is 308 g/mol. The second-order valence-electron chi connectivity index (χ2n) is 6.42. The summed E-state index contributed by atoms with van der Waals surface area (Å²) >= 11 is 0. The maximum atomic E-state index is 14.1. The van der Waals surface area contributed by atoms with Crippen molar-refractivity contribution in [2.45, 2.75) is 39.3 Å². The zero-order chi connectivity index (χ0) is 16.5. The molecule has 1 aromatic carbocycles. The second kappa shape index (κ2) is 5.94. The van der Waals surface area contributed by atoms with Gasteiger partial charge in [-0.3, -0.25) is 0 Å². The van der Waals surface area contributed by atoms with E-state index in [2.05, 4.69) is 5.32 Å². The third kappa shape index (κ3) is 3.05. The summed E-state index contributed by atoms with van der Waals surface area (Å²) in [7, 11) is 0. The lowest BCUT2D eigenvalue weighted by Crippen LogP contribution is -2.40. The molecule has 0 aliphatic carbocycles. The van der Waals surface area contributed by atoms with E-state index < -0.39 is 29.5 Å². The highest BCUT2D eigenvalue weighted by molar-refractivity contribution is 5.94. The standard InChI is InChI=1S/C16H21FN2O3/c1-10(2)9-22-15(21)19-13(16(3,4)18-14(19)20)11-7-5-6-8-12(11)17/h5-8,10,13H,9H2,1-4H3,(H,18,20). The van der Waals surface area contributed by atoms with E-state index in [-0.39, 0.29) is 18.1 Å². The van der Waals surface area contributed by atoms with Gasteiger partial charge in [-0.1, -0.05) is 32.0 Å². The van der Waals surface area contributed by atoms with E-state index in [1.165, 1.54) is 6.07 Å². The molecule has 2 rings (SSSR count). The van der Waals surface area contributed by atoms with Crippen LogP contribution in [0.2, 0.25) is 0 Å². The summed E-state index contributed by atoms with van der Waals surface area (Å²) in [6.07, 6.45) is -0.759. The third-order valence-corrected chi connectivity index (χ3v) is 3.53. The molecule has 0 saturated carbocycles. The Morgan fingerprint density at radius 1 is 1.41 bits per heavy atom. The van der Waals surface area contributed by atoms with Crippen molar-refractivity contribution in [2.75, 3.05) is 6.61 Å². The molecule has 1 aliphatic rings. The first kappa shape index (κ1) is 16.3. The topological polar surface area (TPSA) is 58.6 Å². The Kier molecular flexibility index (Phi) is 4.39. The van der Waals surface area contributed by atoms with Crippen molar-refractivity contribution in [3.63, 3.8) is 0 Å². The van der Waals surface area contributed by atoms with Gasteiger partial charge in [0.1, 0.15) is 5.82 Å². The number of ether oxygens (including phenoxy) is 1. The summed E-state index contributed by atoms with van der Waals surface area (Å²) in [6.45, 7) is 7.49. The zero-order valence-electron chi connectivity index (χ0n) is 13.2. The van der Waals surface area contributed by atoms with Crippen LogP contribution in [-0.4, -0.2) is 29.2 Å². The van der Waals surface area contributed by atoms with E-state index in [4.69, 9.17) is 4.74 Å². The van der Waals surface area contributed by atoms with Crippen molar-refractivity contribution >= 4 is 12.1 Å². The van der Waals surface area contributed by atoms with E-state index in [0.717, 1.165) is 4.90 Å². The molecule has 1 aromatic rings. The quantitative estimate of drug-likeness (QED) is 0.930. The average molecular weight is 308 g/mol. The number of urea groups is 1. The Morgan fingerprint density at radius 2 is 2.05 bits per heavy atom. The van der Waals surface area contributed by atoms with Gasteiger partial charge in [0.15, 0.2) is 0 Å². The Labute approximate surface area is 129 Å². The predicted octanol–water partition coefficient (Wildman–Crippen LogP) is 3.46. The van der Waals surface area contributed by atoms with Gasteiger partial charge in [-0.2, -0.15) is 0 Å². The first-order valence-electron chi connectivity index (χ1n) is 7.26. The van der Waals surface area contributed by atoms with E-state index in [9.17, 15) is 14.0 Å². The number of rotatable bonds is 3. The molecule has 120 valence electrons. The minimum absolute atomic E-state index is 0.148. The molecule has 1 N–H and O–H groups in total. The maximum absolute atomic E-state index is 14.1. The molecule has 0 aromatic heterocycles. The molecule has 5 nitrogen and oxygen atoms in total. The van der Waals surface area contributed by atoms with Crippen LogP contribution in [0, 0.1) is 11.7 Å². The average Bonchev–Trinajstić information content (AvgIpc) is 2.66. The fraction of sp³-hybridized carbons (Fsp3) is 0.500. The molecule has 1 unspecified atom stereocenters. The summed E-state index contributed by atoms with van der Waals surface area (Å²) < 4.78 is 19.3. The van der Waals surface area contributed by atoms with E-state index >= 15 is 0 Å². The number of nitrogens with zero attached hydrogens (tertiary/aromatic N) is 1. The van der Waals surface area contributed by atoms with Crippen LogP contribution in [0.15, 0.2) is 24.3 Å².